The predicted molar refractivity (Wildman–Crippen MR) is 97.4 cm³/mol. The number of rotatable bonds is 6. The molecule has 0 saturated carbocycles. The van der Waals surface area contributed by atoms with E-state index in [1.54, 1.807) is 0 Å². The number of primary sulfonamides is 1. The molecule has 1 unspecified atom stereocenters. The van der Waals surface area contributed by atoms with Gasteiger partial charge in [0, 0.05) is 26.2 Å². The van der Waals surface area contributed by atoms with Crippen molar-refractivity contribution < 1.29 is 17.9 Å². The summed E-state index contributed by atoms with van der Waals surface area (Å²) < 4.78 is 37.5. The van der Waals surface area contributed by atoms with E-state index in [0.717, 1.165) is 24.1 Å². The molecule has 8 heteroatoms. The van der Waals surface area contributed by atoms with Crippen LogP contribution in [-0.4, -0.2) is 37.6 Å². The number of para-hydroxylation sites is 1. The molecule has 0 radical (unpaired) electrons. The molecule has 1 atom stereocenters. The van der Waals surface area contributed by atoms with Gasteiger partial charge < -0.3 is 10.4 Å². The van der Waals surface area contributed by atoms with Crippen molar-refractivity contribution in [1.82, 2.24) is 4.90 Å². The summed E-state index contributed by atoms with van der Waals surface area (Å²) in [5, 5.41) is 17.7. The van der Waals surface area contributed by atoms with Crippen molar-refractivity contribution >= 4 is 15.7 Å². The standard InChI is InChI=1S/C18H22FN3O3S/c19-16-6-3-7-17(26(20,24)25)18(16)21-10-13-4-1-2-5-14(13)11-22-9-8-15(23)12-22/h1-7,15,21,23H,8-12H2,(H2,20,24,25). The number of halogens is 1. The van der Waals surface area contributed by atoms with Gasteiger partial charge in [0.25, 0.3) is 0 Å². The number of nitrogens with two attached hydrogens (primary N) is 1. The molecule has 0 spiro atoms. The molecule has 1 heterocycles. The summed E-state index contributed by atoms with van der Waals surface area (Å²) in [6.07, 6.45) is 0.462. The first kappa shape index (κ1) is 18.8. The normalized spacial score (nSPS) is 18.2. The molecule has 0 aromatic heterocycles. The fourth-order valence-electron chi connectivity index (χ4n) is 3.18. The fraction of sp³-hybridized carbons (Fsp3) is 0.333. The summed E-state index contributed by atoms with van der Waals surface area (Å²) in [5.74, 6) is -0.670. The molecule has 3 rings (SSSR count). The lowest BCUT2D eigenvalue weighted by Gasteiger charge is -2.19. The van der Waals surface area contributed by atoms with Crippen LogP contribution in [0.15, 0.2) is 47.4 Å². The van der Waals surface area contributed by atoms with E-state index in [-0.39, 0.29) is 23.2 Å². The van der Waals surface area contributed by atoms with Crippen LogP contribution in [0.5, 0.6) is 0 Å². The van der Waals surface area contributed by atoms with Crippen molar-refractivity contribution in [2.24, 2.45) is 5.14 Å². The zero-order valence-corrected chi connectivity index (χ0v) is 15.0. The summed E-state index contributed by atoms with van der Waals surface area (Å²) >= 11 is 0. The lowest BCUT2D eigenvalue weighted by molar-refractivity contribution is 0.174. The number of nitrogens with zero attached hydrogens (tertiary/aromatic N) is 1. The Balaban J connectivity index is 1.79. The van der Waals surface area contributed by atoms with Crippen LogP contribution in [0, 0.1) is 5.82 Å². The van der Waals surface area contributed by atoms with Gasteiger partial charge in [0.15, 0.2) is 0 Å². The highest BCUT2D eigenvalue weighted by molar-refractivity contribution is 7.89. The lowest BCUT2D eigenvalue weighted by Crippen LogP contribution is -2.22. The van der Waals surface area contributed by atoms with Gasteiger partial charge in [-0.15, -0.1) is 0 Å². The van der Waals surface area contributed by atoms with Crippen molar-refractivity contribution in [1.29, 1.82) is 0 Å². The van der Waals surface area contributed by atoms with E-state index in [1.807, 2.05) is 24.3 Å². The molecule has 0 amide bonds. The van der Waals surface area contributed by atoms with Gasteiger partial charge in [0.2, 0.25) is 10.0 Å². The molecule has 1 saturated heterocycles. The number of aliphatic hydroxyl groups is 1. The third kappa shape index (κ3) is 4.39. The Hall–Kier alpha value is -2.00. The van der Waals surface area contributed by atoms with Gasteiger partial charge in [0.1, 0.15) is 10.7 Å². The molecule has 140 valence electrons. The van der Waals surface area contributed by atoms with Gasteiger partial charge in [-0.3, -0.25) is 4.90 Å². The quantitative estimate of drug-likeness (QED) is 0.709. The van der Waals surface area contributed by atoms with Crippen LogP contribution in [0.3, 0.4) is 0 Å². The predicted octanol–water partition coefficient (Wildman–Crippen LogP) is 1.65. The van der Waals surface area contributed by atoms with Gasteiger partial charge in [-0.05, 0) is 29.7 Å². The number of β-amino-alcohol motifs (C(OH)–C–C–N with tert-alkyl or cyclic N) is 1. The highest BCUT2D eigenvalue weighted by atomic mass is 32.2. The van der Waals surface area contributed by atoms with Crippen LogP contribution >= 0.6 is 0 Å². The largest absolute Gasteiger partial charge is 0.392 e. The molecular formula is C18H22FN3O3S. The van der Waals surface area contributed by atoms with Gasteiger partial charge >= 0.3 is 0 Å². The van der Waals surface area contributed by atoms with E-state index in [1.165, 1.54) is 18.2 Å². The maximum absolute atomic E-state index is 14.1. The Morgan fingerprint density at radius 3 is 2.58 bits per heavy atom. The summed E-state index contributed by atoms with van der Waals surface area (Å²) in [6, 6.07) is 11.5. The van der Waals surface area contributed by atoms with E-state index in [9.17, 15) is 17.9 Å². The van der Waals surface area contributed by atoms with E-state index < -0.39 is 15.8 Å². The molecule has 2 aromatic rings. The number of sulfonamides is 1. The van der Waals surface area contributed by atoms with Crippen LogP contribution < -0.4 is 10.5 Å². The van der Waals surface area contributed by atoms with E-state index in [2.05, 4.69) is 10.2 Å². The van der Waals surface area contributed by atoms with Crippen molar-refractivity contribution in [3.05, 3.63) is 59.4 Å². The van der Waals surface area contributed by atoms with E-state index in [4.69, 9.17) is 5.14 Å². The summed E-state index contributed by atoms with van der Waals surface area (Å²) in [4.78, 5) is 1.89. The summed E-state index contributed by atoms with van der Waals surface area (Å²) in [5.41, 5.74) is 1.85. The van der Waals surface area contributed by atoms with Gasteiger partial charge in [-0.2, -0.15) is 0 Å². The molecule has 2 aromatic carbocycles. The molecular weight excluding hydrogens is 357 g/mol. The average Bonchev–Trinajstić information content (AvgIpc) is 2.99. The van der Waals surface area contributed by atoms with Crippen molar-refractivity contribution in [2.45, 2.75) is 30.5 Å². The lowest BCUT2D eigenvalue weighted by atomic mass is 10.1. The third-order valence-corrected chi connectivity index (χ3v) is 5.45. The van der Waals surface area contributed by atoms with Gasteiger partial charge in [0.05, 0.1) is 11.8 Å². The monoisotopic (exact) mass is 379 g/mol. The second-order valence-corrected chi connectivity index (χ2v) is 7.99. The molecule has 4 N–H and O–H groups in total. The van der Waals surface area contributed by atoms with Crippen LogP contribution in [0.1, 0.15) is 17.5 Å². The minimum Gasteiger partial charge on any atom is -0.392 e. The molecule has 1 fully saturated rings. The van der Waals surface area contributed by atoms with Crippen molar-refractivity contribution in [3.8, 4) is 0 Å². The Bertz CT molecular complexity index is 889. The topological polar surface area (TPSA) is 95.7 Å². The van der Waals surface area contributed by atoms with E-state index in [0.29, 0.717) is 13.1 Å². The first-order chi connectivity index (χ1) is 12.3. The number of anilines is 1. The summed E-state index contributed by atoms with van der Waals surface area (Å²) in [7, 11) is -4.03. The first-order valence-electron chi connectivity index (χ1n) is 8.37. The number of aliphatic hydroxyl groups excluding tert-OH is 1. The van der Waals surface area contributed by atoms with Crippen LogP contribution in [0.2, 0.25) is 0 Å². The molecule has 6 nitrogen and oxygen atoms in total. The Morgan fingerprint density at radius 2 is 1.92 bits per heavy atom. The number of hydrogen-bond donors (Lipinski definition) is 3. The first-order valence-corrected chi connectivity index (χ1v) is 9.91. The zero-order valence-electron chi connectivity index (χ0n) is 14.2. The number of benzene rings is 2. The Kier molecular flexibility index (Phi) is 5.57. The van der Waals surface area contributed by atoms with Crippen LogP contribution in [0.4, 0.5) is 10.1 Å². The Morgan fingerprint density at radius 1 is 1.19 bits per heavy atom. The van der Waals surface area contributed by atoms with Gasteiger partial charge in [-0.1, -0.05) is 30.3 Å². The summed E-state index contributed by atoms with van der Waals surface area (Å²) in [6.45, 7) is 2.39. The maximum atomic E-state index is 14.1. The SMILES string of the molecule is NS(=O)(=O)c1cccc(F)c1NCc1ccccc1CN1CCC(O)C1. The maximum Gasteiger partial charge on any atom is 0.240 e. The number of hydrogen-bond acceptors (Lipinski definition) is 5. The molecule has 1 aliphatic rings. The smallest absolute Gasteiger partial charge is 0.240 e. The number of likely N-dealkylation sites (tertiary alicyclic amines) is 1. The molecule has 0 aliphatic carbocycles. The van der Waals surface area contributed by atoms with E-state index >= 15 is 0 Å². The molecule has 0 bridgehead atoms. The van der Waals surface area contributed by atoms with Crippen LogP contribution in [-0.2, 0) is 23.1 Å². The zero-order chi connectivity index (χ0) is 18.7. The highest BCUT2D eigenvalue weighted by Gasteiger charge is 2.21. The van der Waals surface area contributed by atoms with Crippen molar-refractivity contribution in [3.63, 3.8) is 0 Å². The van der Waals surface area contributed by atoms with Crippen LogP contribution in [0.25, 0.3) is 0 Å². The molecule has 1 aliphatic heterocycles. The van der Waals surface area contributed by atoms with Gasteiger partial charge in [-0.25, -0.2) is 17.9 Å². The average molecular weight is 379 g/mol. The Labute approximate surface area is 152 Å². The third-order valence-electron chi connectivity index (χ3n) is 4.50. The second-order valence-electron chi connectivity index (χ2n) is 6.46. The number of nitrogens with one attached hydrogen (secondary N) is 1. The minimum atomic E-state index is -4.03. The minimum absolute atomic E-state index is 0.124. The highest BCUT2D eigenvalue weighted by Crippen LogP contribution is 2.25. The fourth-order valence-corrected chi connectivity index (χ4v) is 3.90. The molecule has 26 heavy (non-hydrogen) atoms. The van der Waals surface area contributed by atoms with Crippen molar-refractivity contribution in [2.75, 3.05) is 18.4 Å². The second kappa shape index (κ2) is 7.71.